The van der Waals surface area contributed by atoms with Gasteiger partial charge in [0, 0.05) is 24.5 Å². The number of nitrogens with one attached hydrogen (secondary N) is 1. The highest BCUT2D eigenvalue weighted by Crippen LogP contribution is 2.36. The monoisotopic (exact) mass is 627 g/mol. The number of rotatable bonds is 9. The van der Waals surface area contributed by atoms with Gasteiger partial charge in [-0.2, -0.15) is 4.31 Å². The zero-order valence-electron chi connectivity index (χ0n) is 22.0. The quantitative estimate of drug-likeness (QED) is 0.369. The van der Waals surface area contributed by atoms with Crippen LogP contribution in [-0.4, -0.2) is 75.9 Å². The molecule has 0 saturated heterocycles. The van der Waals surface area contributed by atoms with Gasteiger partial charge in [-0.1, -0.05) is 30.7 Å². The van der Waals surface area contributed by atoms with E-state index in [1.54, 1.807) is 25.3 Å². The van der Waals surface area contributed by atoms with Gasteiger partial charge in [-0.3, -0.25) is 9.52 Å². The van der Waals surface area contributed by atoms with Crippen LogP contribution in [0.4, 0.5) is 5.69 Å². The summed E-state index contributed by atoms with van der Waals surface area (Å²) in [5.41, 5.74) is 0.130. The Balaban J connectivity index is 1.75. The van der Waals surface area contributed by atoms with Crippen molar-refractivity contribution in [2.75, 3.05) is 31.5 Å². The van der Waals surface area contributed by atoms with Gasteiger partial charge in [0.05, 0.1) is 35.3 Å². The third kappa shape index (κ3) is 6.29. The third-order valence-corrected chi connectivity index (χ3v) is 11.5. The zero-order chi connectivity index (χ0) is 29.2. The Morgan fingerprint density at radius 2 is 1.85 bits per heavy atom. The number of para-hydroxylation sites is 1. The molecule has 0 radical (unpaired) electrons. The van der Waals surface area contributed by atoms with Crippen molar-refractivity contribution in [3.05, 3.63) is 70.6 Å². The standard InChI is InChI=1S/C26H30ClN3O7S3/c1-17-14-30(18(2)16-31)26(32)21-6-4-7-22(28-39(33,34)24-8-5-13-38-24)25(21)37-23(17)15-29(3)40(35,36)20-11-9-19(27)10-12-20/h4-13,17-18,23,28,31H,14-16H2,1-3H3/t17-,18-,23-/m0/s1. The van der Waals surface area contributed by atoms with Crippen LogP contribution >= 0.6 is 22.9 Å². The number of carbonyl (C=O) groups is 1. The smallest absolute Gasteiger partial charge is 0.271 e. The van der Waals surface area contributed by atoms with Gasteiger partial charge in [0.15, 0.2) is 5.75 Å². The van der Waals surface area contributed by atoms with Gasteiger partial charge in [0.25, 0.3) is 15.9 Å². The van der Waals surface area contributed by atoms with Gasteiger partial charge in [-0.25, -0.2) is 16.8 Å². The lowest BCUT2D eigenvalue weighted by atomic mass is 9.99. The van der Waals surface area contributed by atoms with E-state index in [0.29, 0.717) is 5.02 Å². The van der Waals surface area contributed by atoms with E-state index < -0.39 is 44.0 Å². The first-order chi connectivity index (χ1) is 18.8. The number of amides is 1. The summed E-state index contributed by atoms with van der Waals surface area (Å²) in [6.07, 6.45) is -0.792. The molecular weight excluding hydrogens is 598 g/mol. The molecule has 0 unspecified atom stereocenters. The van der Waals surface area contributed by atoms with Crippen LogP contribution in [0, 0.1) is 5.92 Å². The highest BCUT2D eigenvalue weighted by atomic mass is 35.5. The van der Waals surface area contributed by atoms with Crippen LogP contribution in [0.25, 0.3) is 0 Å². The molecule has 3 aromatic rings. The summed E-state index contributed by atoms with van der Waals surface area (Å²) in [6.45, 7) is 3.27. The normalized spacial score (nSPS) is 18.9. The lowest BCUT2D eigenvalue weighted by Crippen LogP contribution is -2.50. The molecule has 0 fully saturated rings. The fraction of sp³-hybridized carbons (Fsp3) is 0.346. The second-order valence-corrected chi connectivity index (χ2v) is 14.9. The maximum absolute atomic E-state index is 13.6. The van der Waals surface area contributed by atoms with Crippen LogP contribution in [0.5, 0.6) is 5.75 Å². The van der Waals surface area contributed by atoms with Crippen molar-refractivity contribution >= 4 is 54.6 Å². The SMILES string of the molecule is C[C@H]1CN([C@@H](C)CO)C(=O)c2cccc(NS(=O)(=O)c3cccs3)c2O[C@H]1CN(C)S(=O)(=O)c1ccc(Cl)cc1. The van der Waals surface area contributed by atoms with Crippen LogP contribution in [0.1, 0.15) is 24.2 Å². The van der Waals surface area contributed by atoms with Crippen molar-refractivity contribution < 1.29 is 31.5 Å². The number of sulfonamides is 2. The molecule has 216 valence electrons. The summed E-state index contributed by atoms with van der Waals surface area (Å²) in [6, 6.07) is 12.8. The van der Waals surface area contributed by atoms with E-state index in [0.717, 1.165) is 15.6 Å². The van der Waals surface area contributed by atoms with E-state index in [9.17, 15) is 26.7 Å². The Morgan fingerprint density at radius 1 is 1.15 bits per heavy atom. The molecule has 14 heteroatoms. The molecule has 2 N–H and O–H groups in total. The van der Waals surface area contributed by atoms with Crippen molar-refractivity contribution in [3.63, 3.8) is 0 Å². The number of halogens is 1. The van der Waals surface area contributed by atoms with E-state index in [1.807, 2.05) is 0 Å². The minimum atomic E-state index is -3.99. The number of likely N-dealkylation sites (N-methyl/N-ethyl adjacent to an activating group) is 1. The maximum atomic E-state index is 13.6. The summed E-state index contributed by atoms with van der Waals surface area (Å²) in [4.78, 5) is 15.2. The van der Waals surface area contributed by atoms with Crippen LogP contribution < -0.4 is 9.46 Å². The van der Waals surface area contributed by atoms with Crippen LogP contribution in [0.3, 0.4) is 0 Å². The van der Waals surface area contributed by atoms with Gasteiger partial charge >= 0.3 is 0 Å². The predicted molar refractivity (Wildman–Crippen MR) is 154 cm³/mol. The average molecular weight is 628 g/mol. The highest BCUT2D eigenvalue weighted by molar-refractivity contribution is 7.94. The molecule has 4 rings (SSSR count). The number of aliphatic hydroxyl groups is 1. The minimum Gasteiger partial charge on any atom is -0.486 e. The Hall–Kier alpha value is -2.68. The molecule has 0 spiro atoms. The molecule has 2 aromatic carbocycles. The number of hydrogen-bond acceptors (Lipinski definition) is 8. The Morgan fingerprint density at radius 3 is 2.48 bits per heavy atom. The van der Waals surface area contributed by atoms with E-state index in [-0.39, 0.29) is 45.8 Å². The topological polar surface area (TPSA) is 133 Å². The van der Waals surface area contributed by atoms with E-state index in [2.05, 4.69) is 4.72 Å². The number of aliphatic hydroxyl groups excluding tert-OH is 1. The summed E-state index contributed by atoms with van der Waals surface area (Å²) >= 11 is 6.96. The summed E-state index contributed by atoms with van der Waals surface area (Å²) in [5.74, 6) is -0.867. The van der Waals surface area contributed by atoms with Crippen molar-refractivity contribution in [1.29, 1.82) is 0 Å². The van der Waals surface area contributed by atoms with Gasteiger partial charge in [-0.05, 0) is 54.8 Å². The largest absolute Gasteiger partial charge is 0.486 e. The van der Waals surface area contributed by atoms with Crippen molar-refractivity contribution in [3.8, 4) is 5.75 Å². The molecule has 1 aliphatic heterocycles. The molecule has 1 aromatic heterocycles. The first-order valence-electron chi connectivity index (χ1n) is 12.3. The molecule has 1 amide bonds. The fourth-order valence-corrected chi connectivity index (χ4v) is 7.66. The number of hydrogen-bond donors (Lipinski definition) is 2. The lowest BCUT2D eigenvalue weighted by Gasteiger charge is -2.38. The summed E-state index contributed by atoms with van der Waals surface area (Å²) in [7, 11) is -6.49. The number of thiophene rings is 1. The van der Waals surface area contributed by atoms with Crippen molar-refractivity contribution in [1.82, 2.24) is 9.21 Å². The van der Waals surface area contributed by atoms with E-state index in [4.69, 9.17) is 16.3 Å². The summed E-state index contributed by atoms with van der Waals surface area (Å²) in [5, 5.41) is 11.9. The van der Waals surface area contributed by atoms with Crippen LogP contribution in [0.15, 0.2) is 69.1 Å². The van der Waals surface area contributed by atoms with Gasteiger partial charge < -0.3 is 14.7 Å². The Bertz CT molecular complexity index is 1560. The fourth-order valence-electron chi connectivity index (χ4n) is 4.29. The molecule has 1 aliphatic rings. The van der Waals surface area contributed by atoms with Gasteiger partial charge in [-0.15, -0.1) is 11.3 Å². The van der Waals surface area contributed by atoms with E-state index in [1.165, 1.54) is 60.5 Å². The first-order valence-corrected chi connectivity index (χ1v) is 16.5. The predicted octanol–water partition coefficient (Wildman–Crippen LogP) is 3.74. The van der Waals surface area contributed by atoms with Crippen molar-refractivity contribution in [2.45, 2.75) is 35.1 Å². The van der Waals surface area contributed by atoms with Gasteiger partial charge in [0.2, 0.25) is 10.0 Å². The molecule has 40 heavy (non-hydrogen) atoms. The van der Waals surface area contributed by atoms with Gasteiger partial charge in [0.1, 0.15) is 10.3 Å². The second kappa shape index (κ2) is 12.0. The Labute approximate surface area is 243 Å². The lowest BCUT2D eigenvalue weighted by molar-refractivity contribution is 0.0389. The highest BCUT2D eigenvalue weighted by Gasteiger charge is 2.36. The minimum absolute atomic E-state index is 0.0170. The molecule has 0 aliphatic carbocycles. The van der Waals surface area contributed by atoms with Crippen LogP contribution in [-0.2, 0) is 20.0 Å². The zero-order valence-corrected chi connectivity index (χ0v) is 25.2. The van der Waals surface area contributed by atoms with Crippen molar-refractivity contribution in [2.24, 2.45) is 5.92 Å². The number of carbonyl (C=O) groups excluding carboxylic acids is 1. The van der Waals surface area contributed by atoms with Crippen LogP contribution in [0.2, 0.25) is 5.02 Å². The Kier molecular flexibility index (Phi) is 9.12. The van der Waals surface area contributed by atoms with E-state index >= 15 is 0 Å². The maximum Gasteiger partial charge on any atom is 0.271 e. The number of ether oxygens (including phenoxy) is 1. The molecule has 3 atom stereocenters. The number of benzene rings is 2. The first kappa shape index (κ1) is 30.3. The molecule has 10 nitrogen and oxygen atoms in total. The number of anilines is 1. The molecule has 2 heterocycles. The molecular formula is C26H30ClN3O7S3. The second-order valence-electron chi connectivity index (χ2n) is 9.58. The number of fused-ring (bicyclic) bond motifs is 1. The third-order valence-electron chi connectivity index (χ3n) is 6.65. The molecule has 0 bridgehead atoms. The number of nitrogens with zero attached hydrogens (tertiary/aromatic N) is 2. The molecule has 0 saturated carbocycles. The summed E-state index contributed by atoms with van der Waals surface area (Å²) < 4.78 is 62.8. The average Bonchev–Trinajstić information content (AvgIpc) is 3.47.